The lowest BCUT2D eigenvalue weighted by Crippen LogP contribution is -2.22. The van der Waals surface area contributed by atoms with Gasteiger partial charge in [0.2, 0.25) is 11.9 Å². The quantitative estimate of drug-likeness (QED) is 0.673. The smallest absolute Gasteiger partial charge is 0.347 e. The Labute approximate surface area is 140 Å². The summed E-state index contributed by atoms with van der Waals surface area (Å²) in [6.07, 6.45) is -0.506. The van der Waals surface area contributed by atoms with Gasteiger partial charge in [0, 0.05) is 6.42 Å². The van der Waals surface area contributed by atoms with Gasteiger partial charge in [-0.05, 0) is 32.9 Å². The summed E-state index contributed by atoms with van der Waals surface area (Å²) in [5, 5.41) is 0. The van der Waals surface area contributed by atoms with E-state index in [1.807, 2.05) is 20.8 Å². The molecule has 0 aliphatic carbocycles. The molecule has 1 saturated heterocycles. The SMILES string of the molecule is CCOc1cc(C(=O)O[C@@H]2CCOC2=O)cc(OCC)c1OCC. The van der Waals surface area contributed by atoms with Gasteiger partial charge in [0.1, 0.15) is 0 Å². The van der Waals surface area contributed by atoms with Crippen molar-refractivity contribution < 1.29 is 33.3 Å². The highest BCUT2D eigenvalue weighted by Crippen LogP contribution is 2.39. The molecule has 1 aliphatic rings. The van der Waals surface area contributed by atoms with E-state index >= 15 is 0 Å². The van der Waals surface area contributed by atoms with Crippen LogP contribution in [0.25, 0.3) is 0 Å². The highest BCUT2D eigenvalue weighted by atomic mass is 16.6. The van der Waals surface area contributed by atoms with Crippen molar-refractivity contribution in [3.63, 3.8) is 0 Å². The van der Waals surface area contributed by atoms with Crippen LogP contribution in [0.5, 0.6) is 17.2 Å². The van der Waals surface area contributed by atoms with E-state index in [1.54, 1.807) is 0 Å². The lowest BCUT2D eigenvalue weighted by Gasteiger charge is -2.17. The van der Waals surface area contributed by atoms with Gasteiger partial charge in [-0.1, -0.05) is 0 Å². The van der Waals surface area contributed by atoms with E-state index in [9.17, 15) is 9.59 Å². The van der Waals surface area contributed by atoms with Crippen LogP contribution in [0.1, 0.15) is 37.6 Å². The fourth-order valence-electron chi connectivity index (χ4n) is 2.29. The number of benzene rings is 1. The van der Waals surface area contributed by atoms with Crippen LogP contribution < -0.4 is 14.2 Å². The monoisotopic (exact) mass is 338 g/mol. The molecule has 0 spiro atoms. The van der Waals surface area contributed by atoms with Crippen molar-refractivity contribution >= 4 is 11.9 Å². The molecule has 1 heterocycles. The standard InChI is InChI=1S/C17H22O7/c1-4-20-13-9-11(10-14(21-5-2)15(13)22-6-3)16(18)24-12-7-8-23-17(12)19/h9-10,12H,4-8H2,1-3H3/t12-/m1/s1. The van der Waals surface area contributed by atoms with Gasteiger partial charge in [0.25, 0.3) is 0 Å². The number of ether oxygens (including phenoxy) is 5. The summed E-state index contributed by atoms with van der Waals surface area (Å²) >= 11 is 0. The third-order valence-electron chi connectivity index (χ3n) is 3.28. The average Bonchev–Trinajstić information content (AvgIpc) is 2.95. The fourth-order valence-corrected chi connectivity index (χ4v) is 2.29. The minimum Gasteiger partial charge on any atom is -0.490 e. The number of hydrogen-bond acceptors (Lipinski definition) is 7. The molecule has 0 saturated carbocycles. The third kappa shape index (κ3) is 4.10. The van der Waals surface area contributed by atoms with Crippen LogP contribution in [0.4, 0.5) is 0 Å². The van der Waals surface area contributed by atoms with Crippen LogP contribution in [0.15, 0.2) is 12.1 Å². The highest BCUT2D eigenvalue weighted by Gasteiger charge is 2.31. The molecular weight excluding hydrogens is 316 g/mol. The van der Waals surface area contributed by atoms with Crippen molar-refractivity contribution in [2.45, 2.75) is 33.3 Å². The van der Waals surface area contributed by atoms with Crippen LogP contribution in [0.3, 0.4) is 0 Å². The maximum Gasteiger partial charge on any atom is 0.347 e. The largest absolute Gasteiger partial charge is 0.490 e. The van der Waals surface area contributed by atoms with E-state index in [1.165, 1.54) is 12.1 Å². The second kappa shape index (κ2) is 8.42. The van der Waals surface area contributed by atoms with Crippen molar-refractivity contribution in [2.75, 3.05) is 26.4 Å². The van der Waals surface area contributed by atoms with Crippen molar-refractivity contribution in [1.82, 2.24) is 0 Å². The van der Waals surface area contributed by atoms with Crippen LogP contribution >= 0.6 is 0 Å². The van der Waals surface area contributed by atoms with Gasteiger partial charge in [0.05, 0.1) is 32.0 Å². The molecule has 1 aromatic rings. The molecule has 132 valence electrons. The van der Waals surface area contributed by atoms with Crippen molar-refractivity contribution in [1.29, 1.82) is 0 Å². The molecule has 0 N–H and O–H groups in total. The Morgan fingerprint density at radius 1 is 1.08 bits per heavy atom. The van der Waals surface area contributed by atoms with E-state index in [2.05, 4.69) is 0 Å². The maximum atomic E-state index is 12.3. The first kappa shape index (κ1) is 17.9. The minimum atomic E-state index is -0.866. The zero-order chi connectivity index (χ0) is 17.5. The number of carbonyl (C=O) groups excluding carboxylic acids is 2. The van der Waals surface area contributed by atoms with Crippen molar-refractivity contribution in [3.8, 4) is 17.2 Å². The summed E-state index contributed by atoms with van der Waals surface area (Å²) in [7, 11) is 0. The molecule has 1 atom stereocenters. The number of cyclic esters (lactones) is 1. The van der Waals surface area contributed by atoms with E-state index in [0.29, 0.717) is 43.5 Å². The normalized spacial score (nSPS) is 16.5. The minimum absolute atomic E-state index is 0.227. The Kier molecular flexibility index (Phi) is 6.28. The molecule has 24 heavy (non-hydrogen) atoms. The maximum absolute atomic E-state index is 12.3. The average molecular weight is 338 g/mol. The second-order valence-corrected chi connectivity index (χ2v) is 4.95. The van der Waals surface area contributed by atoms with Gasteiger partial charge in [0.15, 0.2) is 11.5 Å². The predicted octanol–water partition coefficient (Wildman–Crippen LogP) is 2.36. The first-order valence-corrected chi connectivity index (χ1v) is 8.04. The molecule has 1 aliphatic heterocycles. The molecule has 0 aromatic heterocycles. The molecule has 0 unspecified atom stereocenters. The van der Waals surface area contributed by atoms with Crippen molar-refractivity contribution in [3.05, 3.63) is 17.7 Å². The van der Waals surface area contributed by atoms with Crippen LogP contribution in [-0.2, 0) is 14.3 Å². The molecule has 0 amide bonds. The summed E-state index contributed by atoms with van der Waals surface area (Å²) in [6.45, 7) is 7.00. The van der Waals surface area contributed by atoms with Crippen molar-refractivity contribution in [2.24, 2.45) is 0 Å². The first-order chi connectivity index (χ1) is 11.6. The number of carbonyl (C=O) groups is 2. The topological polar surface area (TPSA) is 80.3 Å². The summed E-state index contributed by atoms with van der Waals surface area (Å²) in [5.74, 6) is 0.0728. The molecule has 7 nitrogen and oxygen atoms in total. The zero-order valence-corrected chi connectivity index (χ0v) is 14.1. The Bertz CT molecular complexity index is 570. The molecule has 7 heteroatoms. The molecule has 0 radical (unpaired) electrons. The van der Waals surface area contributed by atoms with Gasteiger partial charge in [-0.25, -0.2) is 9.59 Å². The summed E-state index contributed by atoms with van der Waals surface area (Å²) in [4.78, 5) is 23.8. The molecule has 0 bridgehead atoms. The van der Waals surface area contributed by atoms with Gasteiger partial charge in [-0.3, -0.25) is 0 Å². The summed E-state index contributed by atoms with van der Waals surface area (Å²) in [6, 6.07) is 3.05. The number of hydrogen-bond donors (Lipinski definition) is 0. The van der Waals surface area contributed by atoms with Gasteiger partial charge >= 0.3 is 11.9 Å². The lowest BCUT2D eigenvalue weighted by molar-refractivity contribution is -0.145. The van der Waals surface area contributed by atoms with E-state index < -0.39 is 18.0 Å². The Morgan fingerprint density at radius 2 is 1.67 bits per heavy atom. The zero-order valence-electron chi connectivity index (χ0n) is 14.1. The van der Waals surface area contributed by atoms with Crippen LogP contribution in [0.2, 0.25) is 0 Å². The van der Waals surface area contributed by atoms with E-state index in [-0.39, 0.29) is 12.2 Å². The summed E-state index contributed by atoms with van der Waals surface area (Å²) < 4.78 is 26.7. The van der Waals surface area contributed by atoms with Gasteiger partial charge in [-0.2, -0.15) is 0 Å². The number of esters is 2. The number of rotatable bonds is 8. The fraction of sp³-hybridized carbons (Fsp3) is 0.529. The molecule has 1 aromatic carbocycles. The van der Waals surface area contributed by atoms with Crippen LogP contribution in [0, 0.1) is 0 Å². The highest BCUT2D eigenvalue weighted by molar-refractivity contribution is 5.93. The van der Waals surface area contributed by atoms with E-state index in [0.717, 1.165) is 0 Å². The van der Waals surface area contributed by atoms with Gasteiger partial charge in [-0.15, -0.1) is 0 Å². The Hall–Kier alpha value is -2.44. The third-order valence-corrected chi connectivity index (χ3v) is 3.28. The second-order valence-electron chi connectivity index (χ2n) is 4.95. The molecule has 2 rings (SSSR count). The van der Waals surface area contributed by atoms with Crippen LogP contribution in [-0.4, -0.2) is 44.5 Å². The molecular formula is C17H22O7. The summed E-state index contributed by atoms with van der Waals surface area (Å²) in [5.41, 5.74) is 0.227. The molecule has 1 fully saturated rings. The predicted molar refractivity (Wildman–Crippen MR) is 84.7 cm³/mol. The Morgan fingerprint density at radius 3 is 2.12 bits per heavy atom. The first-order valence-electron chi connectivity index (χ1n) is 8.04. The Balaban J connectivity index is 2.30. The van der Waals surface area contributed by atoms with Gasteiger partial charge < -0.3 is 23.7 Å². The lowest BCUT2D eigenvalue weighted by atomic mass is 10.1. The van der Waals surface area contributed by atoms with E-state index in [4.69, 9.17) is 23.7 Å².